The molecule has 26 heavy (non-hydrogen) atoms. The maximum atomic E-state index is 10.8. The van der Waals surface area contributed by atoms with Gasteiger partial charge in [0.15, 0.2) is 0 Å². The largest absolute Gasteiger partial charge is 0.369 e. The molecule has 1 aliphatic rings. The van der Waals surface area contributed by atoms with Crippen molar-refractivity contribution in [1.29, 1.82) is 0 Å². The summed E-state index contributed by atoms with van der Waals surface area (Å²) < 4.78 is 2.33. The fraction of sp³-hybridized carbons (Fsp3) is 0.300. The van der Waals surface area contributed by atoms with E-state index in [9.17, 15) is 10.1 Å². The minimum atomic E-state index is -0.356. The second-order valence-corrected chi connectivity index (χ2v) is 6.82. The zero-order chi connectivity index (χ0) is 18.1. The summed E-state index contributed by atoms with van der Waals surface area (Å²) in [6.07, 6.45) is 2.23. The average molecular weight is 350 g/mol. The van der Waals surface area contributed by atoms with Gasteiger partial charge in [0.25, 0.3) is 5.69 Å². The van der Waals surface area contributed by atoms with Crippen LogP contribution in [0.1, 0.15) is 5.56 Å². The second-order valence-electron chi connectivity index (χ2n) is 6.82. The molecule has 1 aliphatic heterocycles. The second kappa shape index (κ2) is 6.80. The summed E-state index contributed by atoms with van der Waals surface area (Å²) in [6, 6.07) is 15.4. The Kier molecular flexibility index (Phi) is 4.34. The summed E-state index contributed by atoms with van der Waals surface area (Å²) in [5, 5.41) is 12.1. The fourth-order valence-electron chi connectivity index (χ4n) is 3.70. The highest BCUT2D eigenvalue weighted by Crippen LogP contribution is 2.23. The lowest BCUT2D eigenvalue weighted by molar-refractivity contribution is -0.384. The Labute approximate surface area is 152 Å². The van der Waals surface area contributed by atoms with Crippen LogP contribution in [0.3, 0.4) is 0 Å². The summed E-state index contributed by atoms with van der Waals surface area (Å²) in [7, 11) is 0. The Morgan fingerprint density at radius 3 is 2.38 bits per heavy atom. The lowest BCUT2D eigenvalue weighted by Gasteiger charge is -2.36. The molecular weight excluding hydrogens is 328 g/mol. The third-order valence-electron chi connectivity index (χ3n) is 5.14. The van der Waals surface area contributed by atoms with Crippen molar-refractivity contribution in [2.75, 3.05) is 31.1 Å². The number of fused-ring (bicyclic) bond motifs is 1. The normalized spacial score (nSPS) is 15.5. The number of nitro benzene ring substituents is 1. The molecule has 0 radical (unpaired) electrons. The monoisotopic (exact) mass is 350 g/mol. The Hall–Kier alpha value is -2.86. The highest BCUT2D eigenvalue weighted by molar-refractivity contribution is 5.83. The molecule has 0 unspecified atom stereocenters. The Balaban J connectivity index is 1.41. The average Bonchev–Trinajstić information content (AvgIpc) is 2.98. The first-order valence-corrected chi connectivity index (χ1v) is 8.88. The number of hydrogen-bond acceptors (Lipinski definition) is 4. The predicted molar refractivity (Wildman–Crippen MR) is 104 cm³/mol. The summed E-state index contributed by atoms with van der Waals surface area (Å²) >= 11 is 0. The molecule has 4 rings (SSSR count). The topological polar surface area (TPSA) is 54.5 Å². The zero-order valence-corrected chi connectivity index (χ0v) is 14.8. The molecule has 2 heterocycles. The number of non-ortho nitro benzene ring substituents is 1. The number of aryl methyl sites for hydroxylation is 1. The van der Waals surface area contributed by atoms with E-state index in [0.717, 1.165) is 38.5 Å². The van der Waals surface area contributed by atoms with Gasteiger partial charge in [-0.2, -0.15) is 0 Å². The fourth-order valence-corrected chi connectivity index (χ4v) is 3.70. The number of benzene rings is 2. The summed E-state index contributed by atoms with van der Waals surface area (Å²) in [5.41, 5.74) is 3.78. The maximum absolute atomic E-state index is 10.8. The molecule has 6 nitrogen and oxygen atoms in total. The first kappa shape index (κ1) is 16.6. The van der Waals surface area contributed by atoms with Crippen molar-refractivity contribution in [3.8, 4) is 0 Å². The molecule has 2 aromatic carbocycles. The lowest BCUT2D eigenvalue weighted by Crippen LogP contribution is -2.46. The molecule has 0 N–H and O–H groups in total. The van der Waals surface area contributed by atoms with Gasteiger partial charge in [0, 0.05) is 61.1 Å². The van der Waals surface area contributed by atoms with Gasteiger partial charge < -0.3 is 9.47 Å². The smallest absolute Gasteiger partial charge is 0.269 e. The van der Waals surface area contributed by atoms with Crippen LogP contribution in [0.15, 0.2) is 54.7 Å². The van der Waals surface area contributed by atoms with Crippen molar-refractivity contribution in [3.63, 3.8) is 0 Å². The van der Waals surface area contributed by atoms with Gasteiger partial charge in [-0.25, -0.2) is 0 Å². The molecule has 1 aromatic heterocycles. The van der Waals surface area contributed by atoms with E-state index in [-0.39, 0.29) is 10.6 Å². The van der Waals surface area contributed by atoms with E-state index in [2.05, 4.69) is 51.8 Å². The number of piperazine rings is 1. The highest BCUT2D eigenvalue weighted by atomic mass is 16.6. The number of aromatic nitrogens is 1. The van der Waals surface area contributed by atoms with Crippen LogP contribution in [-0.2, 0) is 6.67 Å². The number of nitrogens with zero attached hydrogens (tertiary/aromatic N) is 4. The first-order valence-electron chi connectivity index (χ1n) is 8.88. The molecule has 0 bridgehead atoms. The summed E-state index contributed by atoms with van der Waals surface area (Å²) in [6.45, 7) is 6.85. The van der Waals surface area contributed by atoms with Crippen LogP contribution in [-0.4, -0.2) is 40.6 Å². The SMILES string of the molecule is Cc1cn(CN2CCN(c3ccc([N+](=O)[O-])cc3)CC2)c2ccccc12. The maximum Gasteiger partial charge on any atom is 0.269 e. The van der Waals surface area contributed by atoms with Gasteiger partial charge in [0.2, 0.25) is 0 Å². The zero-order valence-electron chi connectivity index (χ0n) is 14.8. The minimum absolute atomic E-state index is 0.141. The van der Waals surface area contributed by atoms with Crippen LogP contribution in [0.4, 0.5) is 11.4 Å². The van der Waals surface area contributed by atoms with Crippen LogP contribution < -0.4 is 4.90 Å². The molecule has 134 valence electrons. The van der Waals surface area contributed by atoms with Gasteiger partial charge in [-0.3, -0.25) is 15.0 Å². The molecule has 3 aromatic rings. The van der Waals surface area contributed by atoms with E-state index in [4.69, 9.17) is 0 Å². The van der Waals surface area contributed by atoms with E-state index in [1.54, 1.807) is 12.1 Å². The van der Waals surface area contributed by atoms with Gasteiger partial charge in [0.05, 0.1) is 11.6 Å². The van der Waals surface area contributed by atoms with Crippen LogP contribution >= 0.6 is 0 Å². The van der Waals surface area contributed by atoms with Crippen molar-refractivity contribution >= 4 is 22.3 Å². The number of para-hydroxylation sites is 1. The van der Waals surface area contributed by atoms with Crippen LogP contribution in [0.25, 0.3) is 10.9 Å². The van der Waals surface area contributed by atoms with E-state index in [1.807, 2.05) is 12.1 Å². The molecule has 0 atom stereocenters. The first-order chi connectivity index (χ1) is 12.6. The van der Waals surface area contributed by atoms with Crippen molar-refractivity contribution < 1.29 is 4.92 Å². The van der Waals surface area contributed by atoms with Gasteiger partial charge in [-0.1, -0.05) is 18.2 Å². The third kappa shape index (κ3) is 3.15. The number of nitro groups is 1. The van der Waals surface area contributed by atoms with Crippen LogP contribution in [0, 0.1) is 17.0 Å². The third-order valence-corrected chi connectivity index (χ3v) is 5.14. The Morgan fingerprint density at radius 2 is 1.69 bits per heavy atom. The molecule has 6 heteroatoms. The van der Waals surface area contributed by atoms with Crippen LogP contribution in [0.5, 0.6) is 0 Å². The van der Waals surface area contributed by atoms with Crippen molar-refractivity contribution in [2.45, 2.75) is 13.6 Å². The molecule has 1 saturated heterocycles. The van der Waals surface area contributed by atoms with Gasteiger partial charge in [-0.05, 0) is 30.7 Å². The van der Waals surface area contributed by atoms with E-state index < -0.39 is 0 Å². The molecule has 0 amide bonds. The van der Waals surface area contributed by atoms with Gasteiger partial charge >= 0.3 is 0 Å². The van der Waals surface area contributed by atoms with E-state index in [1.165, 1.54) is 16.5 Å². The molecular formula is C20H22N4O2. The van der Waals surface area contributed by atoms with E-state index in [0.29, 0.717) is 0 Å². The highest BCUT2D eigenvalue weighted by Gasteiger charge is 2.18. The molecule has 0 saturated carbocycles. The predicted octanol–water partition coefficient (Wildman–Crippen LogP) is 3.64. The van der Waals surface area contributed by atoms with E-state index >= 15 is 0 Å². The summed E-state index contributed by atoms with van der Waals surface area (Å²) in [4.78, 5) is 15.2. The standard InChI is InChI=1S/C20H22N4O2/c1-16-14-23(20-5-3-2-4-19(16)20)15-21-10-12-22(13-11-21)17-6-8-18(9-7-17)24(25)26/h2-9,14H,10-13,15H2,1H3. The summed E-state index contributed by atoms with van der Waals surface area (Å²) in [5.74, 6) is 0. The molecule has 0 aliphatic carbocycles. The number of anilines is 1. The molecule has 1 fully saturated rings. The van der Waals surface area contributed by atoms with Crippen molar-refractivity contribution in [3.05, 3.63) is 70.4 Å². The van der Waals surface area contributed by atoms with Gasteiger partial charge in [-0.15, -0.1) is 0 Å². The lowest BCUT2D eigenvalue weighted by atomic mass is 10.2. The van der Waals surface area contributed by atoms with Crippen molar-refractivity contribution in [1.82, 2.24) is 9.47 Å². The van der Waals surface area contributed by atoms with Gasteiger partial charge in [0.1, 0.15) is 0 Å². The van der Waals surface area contributed by atoms with Crippen molar-refractivity contribution in [2.24, 2.45) is 0 Å². The van der Waals surface area contributed by atoms with Crippen LogP contribution in [0.2, 0.25) is 0 Å². The number of rotatable bonds is 4. The Morgan fingerprint density at radius 1 is 1.00 bits per heavy atom. The quantitative estimate of drug-likeness (QED) is 0.532. The number of hydrogen-bond donors (Lipinski definition) is 0. The molecule has 0 spiro atoms. The Bertz CT molecular complexity index is 925. The minimum Gasteiger partial charge on any atom is -0.369 e.